The third-order valence-corrected chi connectivity index (χ3v) is 2.14. The molecule has 1 rings (SSSR count). The Hall–Kier alpha value is -2.46. The molecule has 0 heterocycles. The van der Waals surface area contributed by atoms with Crippen molar-refractivity contribution in [1.29, 1.82) is 5.26 Å². The number of ether oxygens (including phenoxy) is 1. The number of nitriles is 1. The van der Waals surface area contributed by atoms with Crippen molar-refractivity contribution in [2.75, 3.05) is 7.11 Å². The molecular formula is C10H8N2O5. The van der Waals surface area contributed by atoms with E-state index in [0.29, 0.717) is 0 Å². The number of nitrogens with zero attached hydrogens (tertiary/aromatic N) is 2. The highest BCUT2D eigenvalue weighted by Gasteiger charge is 2.27. The lowest BCUT2D eigenvalue weighted by atomic mass is 10.0. The van der Waals surface area contributed by atoms with Gasteiger partial charge < -0.3 is 9.84 Å². The SMILES string of the molecule is COC(=O)c1c([N+](=O)[O-])ccc(CO)c1C#N. The fraction of sp³-hybridized carbons (Fsp3) is 0.200. The summed E-state index contributed by atoms with van der Waals surface area (Å²) in [6.45, 7) is -0.495. The topological polar surface area (TPSA) is 113 Å². The van der Waals surface area contributed by atoms with Gasteiger partial charge in [-0.25, -0.2) is 4.79 Å². The molecule has 88 valence electrons. The van der Waals surface area contributed by atoms with Gasteiger partial charge in [-0.15, -0.1) is 0 Å². The number of nitro groups is 1. The monoisotopic (exact) mass is 236 g/mol. The molecule has 1 aromatic rings. The lowest BCUT2D eigenvalue weighted by molar-refractivity contribution is -0.385. The summed E-state index contributed by atoms with van der Waals surface area (Å²) in [5, 5.41) is 28.6. The second-order valence-corrected chi connectivity index (χ2v) is 3.01. The zero-order valence-corrected chi connectivity index (χ0v) is 8.84. The van der Waals surface area contributed by atoms with E-state index in [2.05, 4.69) is 4.74 Å². The Morgan fingerprint density at radius 3 is 2.71 bits per heavy atom. The van der Waals surface area contributed by atoms with Crippen LogP contribution in [0.3, 0.4) is 0 Å². The van der Waals surface area contributed by atoms with E-state index in [1.54, 1.807) is 6.07 Å². The summed E-state index contributed by atoms with van der Waals surface area (Å²) in [5.74, 6) is -0.983. The summed E-state index contributed by atoms with van der Waals surface area (Å²) in [6.07, 6.45) is 0. The molecule has 0 aromatic heterocycles. The Balaban J connectivity index is 3.63. The Bertz CT molecular complexity index is 518. The minimum Gasteiger partial charge on any atom is -0.465 e. The van der Waals surface area contributed by atoms with E-state index in [4.69, 9.17) is 10.4 Å². The highest BCUT2D eigenvalue weighted by Crippen LogP contribution is 2.26. The molecule has 0 aliphatic heterocycles. The van der Waals surface area contributed by atoms with Crippen LogP contribution in [0.5, 0.6) is 0 Å². The van der Waals surface area contributed by atoms with Gasteiger partial charge in [0, 0.05) is 6.07 Å². The van der Waals surface area contributed by atoms with Gasteiger partial charge >= 0.3 is 5.97 Å². The van der Waals surface area contributed by atoms with E-state index in [-0.39, 0.29) is 11.1 Å². The molecule has 7 nitrogen and oxygen atoms in total. The van der Waals surface area contributed by atoms with Gasteiger partial charge in [0.05, 0.1) is 24.2 Å². The number of rotatable bonds is 3. The molecule has 1 aromatic carbocycles. The summed E-state index contributed by atoms with van der Waals surface area (Å²) < 4.78 is 4.39. The third kappa shape index (κ3) is 2.21. The zero-order valence-electron chi connectivity index (χ0n) is 8.84. The lowest BCUT2D eigenvalue weighted by Crippen LogP contribution is -2.10. The number of methoxy groups -OCH3 is 1. The van der Waals surface area contributed by atoms with Crippen LogP contribution in [0.15, 0.2) is 12.1 Å². The van der Waals surface area contributed by atoms with Gasteiger partial charge in [0.1, 0.15) is 6.07 Å². The average Bonchev–Trinajstić information content (AvgIpc) is 2.35. The summed E-state index contributed by atoms with van der Waals surface area (Å²) in [7, 11) is 1.05. The van der Waals surface area contributed by atoms with Crippen LogP contribution in [0.25, 0.3) is 0 Å². The van der Waals surface area contributed by atoms with E-state index in [0.717, 1.165) is 13.2 Å². The quantitative estimate of drug-likeness (QED) is 0.470. The molecule has 0 aliphatic carbocycles. The van der Waals surface area contributed by atoms with Crippen molar-refractivity contribution in [2.45, 2.75) is 6.61 Å². The third-order valence-electron chi connectivity index (χ3n) is 2.14. The predicted molar refractivity (Wildman–Crippen MR) is 55.1 cm³/mol. The molecule has 0 spiro atoms. The van der Waals surface area contributed by atoms with E-state index >= 15 is 0 Å². The minimum absolute atomic E-state index is 0.138. The Morgan fingerprint density at radius 1 is 1.65 bits per heavy atom. The smallest absolute Gasteiger partial charge is 0.346 e. The van der Waals surface area contributed by atoms with Crippen LogP contribution in [0.1, 0.15) is 21.5 Å². The first kappa shape index (κ1) is 12.6. The molecule has 0 bridgehead atoms. The highest BCUT2D eigenvalue weighted by atomic mass is 16.6. The van der Waals surface area contributed by atoms with Crippen LogP contribution in [0, 0.1) is 21.4 Å². The van der Waals surface area contributed by atoms with Crippen molar-refractivity contribution >= 4 is 11.7 Å². The van der Waals surface area contributed by atoms with Gasteiger partial charge in [-0.05, 0) is 11.6 Å². The van der Waals surface area contributed by atoms with Crippen molar-refractivity contribution in [3.8, 4) is 6.07 Å². The van der Waals surface area contributed by atoms with Gasteiger partial charge in [0.25, 0.3) is 5.69 Å². The molecular weight excluding hydrogens is 228 g/mol. The number of hydrogen-bond donors (Lipinski definition) is 1. The number of aliphatic hydroxyl groups excluding tert-OH is 1. The number of esters is 1. The van der Waals surface area contributed by atoms with Gasteiger partial charge in [-0.3, -0.25) is 10.1 Å². The fourth-order valence-corrected chi connectivity index (χ4v) is 1.36. The highest BCUT2D eigenvalue weighted by molar-refractivity contribution is 5.97. The van der Waals surface area contributed by atoms with Gasteiger partial charge in [-0.2, -0.15) is 5.26 Å². The number of hydrogen-bond acceptors (Lipinski definition) is 6. The van der Waals surface area contributed by atoms with Crippen molar-refractivity contribution in [3.05, 3.63) is 38.9 Å². The van der Waals surface area contributed by atoms with Crippen LogP contribution in [0.4, 0.5) is 5.69 Å². The van der Waals surface area contributed by atoms with Crippen LogP contribution < -0.4 is 0 Å². The Kier molecular flexibility index (Phi) is 3.74. The summed E-state index contributed by atoms with van der Waals surface area (Å²) in [5.41, 5.74) is -1.07. The molecule has 0 unspecified atom stereocenters. The molecule has 1 N–H and O–H groups in total. The van der Waals surface area contributed by atoms with E-state index in [1.807, 2.05) is 0 Å². The summed E-state index contributed by atoms with van der Waals surface area (Å²) in [4.78, 5) is 21.4. The summed E-state index contributed by atoms with van der Waals surface area (Å²) >= 11 is 0. The Morgan fingerprint density at radius 2 is 2.29 bits per heavy atom. The van der Waals surface area contributed by atoms with E-state index in [1.165, 1.54) is 6.07 Å². The molecule has 17 heavy (non-hydrogen) atoms. The molecule has 0 radical (unpaired) electrons. The zero-order chi connectivity index (χ0) is 13.0. The van der Waals surface area contributed by atoms with Crippen LogP contribution >= 0.6 is 0 Å². The number of carbonyl (C=O) groups excluding carboxylic acids is 1. The molecule has 0 saturated carbocycles. The molecule has 0 saturated heterocycles. The van der Waals surface area contributed by atoms with Crippen LogP contribution in [0.2, 0.25) is 0 Å². The number of nitro benzene ring substituents is 1. The first-order valence-corrected chi connectivity index (χ1v) is 4.46. The minimum atomic E-state index is -0.983. The van der Waals surface area contributed by atoms with Gasteiger partial charge in [0.2, 0.25) is 0 Å². The van der Waals surface area contributed by atoms with Crippen LogP contribution in [-0.2, 0) is 11.3 Å². The largest absolute Gasteiger partial charge is 0.465 e. The van der Waals surface area contributed by atoms with Crippen molar-refractivity contribution in [3.63, 3.8) is 0 Å². The molecule has 0 aliphatic rings. The normalized spacial score (nSPS) is 9.47. The predicted octanol–water partition coefficient (Wildman–Crippen LogP) is 0.745. The molecule has 7 heteroatoms. The second-order valence-electron chi connectivity index (χ2n) is 3.01. The number of aliphatic hydroxyl groups is 1. The summed E-state index contributed by atoms with van der Waals surface area (Å²) in [6, 6.07) is 3.94. The van der Waals surface area contributed by atoms with Crippen LogP contribution in [-0.4, -0.2) is 23.1 Å². The van der Waals surface area contributed by atoms with E-state index < -0.39 is 28.8 Å². The molecule has 0 atom stereocenters. The van der Waals surface area contributed by atoms with Gasteiger partial charge in [-0.1, -0.05) is 0 Å². The lowest BCUT2D eigenvalue weighted by Gasteiger charge is -2.06. The van der Waals surface area contributed by atoms with Crippen molar-refractivity contribution in [1.82, 2.24) is 0 Å². The maximum absolute atomic E-state index is 11.4. The van der Waals surface area contributed by atoms with Gasteiger partial charge in [0.15, 0.2) is 5.56 Å². The maximum atomic E-state index is 11.4. The van der Waals surface area contributed by atoms with Crippen molar-refractivity contribution < 1.29 is 19.6 Å². The average molecular weight is 236 g/mol. The Labute approximate surface area is 96.0 Å². The molecule has 0 amide bonds. The molecule has 0 fully saturated rings. The second kappa shape index (κ2) is 5.05. The number of carbonyl (C=O) groups is 1. The number of benzene rings is 1. The van der Waals surface area contributed by atoms with E-state index in [9.17, 15) is 14.9 Å². The maximum Gasteiger partial charge on any atom is 0.346 e. The van der Waals surface area contributed by atoms with Crippen molar-refractivity contribution in [2.24, 2.45) is 0 Å². The first-order valence-electron chi connectivity index (χ1n) is 4.46. The fourth-order valence-electron chi connectivity index (χ4n) is 1.36. The standard InChI is InChI=1S/C10H8N2O5/c1-17-10(14)9-7(4-11)6(5-13)2-3-8(9)12(15)16/h2-3,13H,5H2,1H3. The first-order chi connectivity index (χ1) is 8.06.